The number of hydrogen-bond acceptors (Lipinski definition) is 2. The van der Waals surface area contributed by atoms with Gasteiger partial charge in [0.25, 0.3) is 0 Å². The number of halogens is 6. The van der Waals surface area contributed by atoms with Crippen molar-refractivity contribution in [2.45, 2.75) is 84.2 Å². The summed E-state index contributed by atoms with van der Waals surface area (Å²) in [6, 6.07) is 1.58. The van der Waals surface area contributed by atoms with Gasteiger partial charge in [-0.2, -0.15) is 26.3 Å². The van der Waals surface area contributed by atoms with E-state index in [9.17, 15) is 31.1 Å². The fourth-order valence-corrected chi connectivity index (χ4v) is 4.40. The Bertz CT molecular complexity index is 742. The van der Waals surface area contributed by atoms with Crippen molar-refractivity contribution in [1.82, 2.24) is 10.6 Å². The number of benzene rings is 1. The fraction of sp³-hybridized carbons (Fsp3) is 0.696. The maximum Gasteiger partial charge on any atom is 0.416 e. The van der Waals surface area contributed by atoms with E-state index in [0.29, 0.717) is 25.0 Å². The molecule has 1 amide bonds. The normalized spacial score (nSPS) is 21.9. The number of rotatable bonds is 9. The van der Waals surface area contributed by atoms with Crippen molar-refractivity contribution in [3.63, 3.8) is 0 Å². The molecular formula is C23H32F6N2O. The molecule has 182 valence electrons. The number of unbranched alkanes of at least 4 members (excludes halogenated alkanes) is 2. The molecule has 0 saturated heterocycles. The van der Waals surface area contributed by atoms with Gasteiger partial charge < -0.3 is 10.6 Å². The van der Waals surface area contributed by atoms with Gasteiger partial charge in [0.1, 0.15) is 0 Å². The SMILES string of the molecule is CCCCCNC1CCC(C(=O)NCc2cc(C(F)(F)F)cc(C(F)(F)F)c2)(C(C)C)C1. The zero-order valence-corrected chi connectivity index (χ0v) is 18.7. The standard InChI is InChI=1S/C23H32F6N2O/c1-4-5-6-9-30-19-7-8-21(13-19,15(2)3)20(32)31-14-16-10-17(22(24,25)26)12-18(11-16)23(27,28)29/h10-12,15,19,30H,4-9,13-14H2,1-3H3,(H,31,32). The van der Waals surface area contributed by atoms with Crippen LogP contribution < -0.4 is 10.6 Å². The molecule has 1 aliphatic carbocycles. The Kier molecular flexibility index (Phi) is 8.64. The second-order valence-electron chi connectivity index (χ2n) is 9.01. The van der Waals surface area contributed by atoms with Gasteiger partial charge in [0.05, 0.1) is 16.5 Å². The van der Waals surface area contributed by atoms with Crippen LogP contribution in [0, 0.1) is 11.3 Å². The van der Waals surface area contributed by atoms with E-state index in [2.05, 4.69) is 17.6 Å². The number of alkyl halides is 6. The first-order valence-electron chi connectivity index (χ1n) is 11.1. The highest BCUT2D eigenvalue weighted by molar-refractivity contribution is 5.83. The van der Waals surface area contributed by atoms with Crippen LogP contribution in [0.2, 0.25) is 0 Å². The predicted octanol–water partition coefficient (Wildman–Crippen LogP) is 6.32. The third-order valence-corrected chi connectivity index (χ3v) is 6.42. The van der Waals surface area contributed by atoms with E-state index in [-0.39, 0.29) is 29.5 Å². The van der Waals surface area contributed by atoms with Crippen LogP contribution in [0.1, 0.15) is 76.0 Å². The van der Waals surface area contributed by atoms with Crippen LogP contribution in [-0.4, -0.2) is 18.5 Å². The molecule has 1 saturated carbocycles. The molecule has 1 fully saturated rings. The lowest BCUT2D eigenvalue weighted by Gasteiger charge is -2.32. The van der Waals surface area contributed by atoms with Crippen molar-refractivity contribution in [3.05, 3.63) is 34.9 Å². The highest BCUT2D eigenvalue weighted by Gasteiger charge is 2.47. The van der Waals surface area contributed by atoms with Crippen LogP contribution in [0.5, 0.6) is 0 Å². The van der Waals surface area contributed by atoms with E-state index in [4.69, 9.17) is 0 Å². The Labute approximate surface area is 185 Å². The first-order valence-corrected chi connectivity index (χ1v) is 11.1. The van der Waals surface area contributed by atoms with Gasteiger partial charge in [0.15, 0.2) is 0 Å². The molecule has 0 spiro atoms. The van der Waals surface area contributed by atoms with Crippen molar-refractivity contribution in [2.24, 2.45) is 11.3 Å². The van der Waals surface area contributed by atoms with Crippen molar-refractivity contribution in [2.75, 3.05) is 6.54 Å². The minimum absolute atomic E-state index is 0.0165. The summed E-state index contributed by atoms with van der Waals surface area (Å²) in [5.41, 5.74) is -3.69. The number of carbonyl (C=O) groups is 1. The average Bonchev–Trinajstić information content (AvgIpc) is 3.13. The molecule has 0 radical (unpaired) electrons. The Morgan fingerprint density at radius 1 is 1.06 bits per heavy atom. The quantitative estimate of drug-likeness (QED) is 0.331. The molecule has 0 heterocycles. The Hall–Kier alpha value is -1.77. The van der Waals surface area contributed by atoms with E-state index in [1.165, 1.54) is 0 Å². The van der Waals surface area contributed by atoms with Crippen LogP contribution in [0.25, 0.3) is 0 Å². The maximum atomic E-state index is 13.1. The molecule has 1 aliphatic rings. The van der Waals surface area contributed by atoms with E-state index in [1.807, 2.05) is 13.8 Å². The third kappa shape index (κ3) is 6.62. The topological polar surface area (TPSA) is 41.1 Å². The largest absolute Gasteiger partial charge is 0.416 e. The lowest BCUT2D eigenvalue weighted by atomic mass is 9.74. The Morgan fingerprint density at radius 3 is 2.16 bits per heavy atom. The van der Waals surface area contributed by atoms with Crippen LogP contribution >= 0.6 is 0 Å². The predicted molar refractivity (Wildman–Crippen MR) is 111 cm³/mol. The highest BCUT2D eigenvalue weighted by atomic mass is 19.4. The van der Waals surface area contributed by atoms with Crippen molar-refractivity contribution >= 4 is 5.91 Å². The number of nitrogens with one attached hydrogen (secondary N) is 2. The van der Waals surface area contributed by atoms with Gasteiger partial charge in [0, 0.05) is 12.6 Å². The summed E-state index contributed by atoms with van der Waals surface area (Å²) in [6.45, 7) is 6.43. The van der Waals surface area contributed by atoms with Gasteiger partial charge >= 0.3 is 12.4 Å². The summed E-state index contributed by atoms with van der Waals surface area (Å²) in [4.78, 5) is 13.1. The summed E-state index contributed by atoms with van der Waals surface area (Å²) in [5.74, 6) is -0.339. The van der Waals surface area contributed by atoms with Gasteiger partial charge in [-0.15, -0.1) is 0 Å². The molecule has 0 bridgehead atoms. The highest BCUT2D eigenvalue weighted by Crippen LogP contribution is 2.45. The molecule has 1 aromatic rings. The fourth-order valence-electron chi connectivity index (χ4n) is 4.40. The van der Waals surface area contributed by atoms with Crippen molar-refractivity contribution in [1.29, 1.82) is 0 Å². The monoisotopic (exact) mass is 466 g/mol. The summed E-state index contributed by atoms with van der Waals surface area (Å²) in [5, 5.41) is 6.09. The van der Waals surface area contributed by atoms with Gasteiger partial charge in [-0.3, -0.25) is 4.79 Å². The van der Waals surface area contributed by atoms with Crippen LogP contribution in [0.4, 0.5) is 26.3 Å². The Morgan fingerprint density at radius 2 is 1.66 bits per heavy atom. The number of hydrogen-bond donors (Lipinski definition) is 2. The molecule has 2 unspecified atom stereocenters. The first kappa shape index (κ1) is 26.5. The number of amides is 1. The molecule has 0 aromatic heterocycles. The van der Waals surface area contributed by atoms with Crippen LogP contribution in [0.3, 0.4) is 0 Å². The second kappa shape index (κ2) is 10.4. The van der Waals surface area contributed by atoms with Crippen LogP contribution in [0.15, 0.2) is 18.2 Å². The van der Waals surface area contributed by atoms with Gasteiger partial charge in [-0.05, 0) is 61.9 Å². The molecule has 3 nitrogen and oxygen atoms in total. The molecule has 32 heavy (non-hydrogen) atoms. The summed E-state index contributed by atoms with van der Waals surface area (Å²) in [7, 11) is 0. The molecule has 0 aliphatic heterocycles. The second-order valence-corrected chi connectivity index (χ2v) is 9.01. The smallest absolute Gasteiger partial charge is 0.352 e. The lowest BCUT2D eigenvalue weighted by Crippen LogP contribution is -2.44. The molecule has 2 atom stereocenters. The van der Waals surface area contributed by atoms with E-state index < -0.39 is 35.4 Å². The molecular weight excluding hydrogens is 434 g/mol. The van der Waals surface area contributed by atoms with Gasteiger partial charge in [-0.1, -0.05) is 33.6 Å². The third-order valence-electron chi connectivity index (χ3n) is 6.42. The first-order chi connectivity index (χ1) is 14.8. The van der Waals surface area contributed by atoms with Crippen molar-refractivity contribution < 1.29 is 31.1 Å². The summed E-state index contributed by atoms with van der Waals surface area (Å²) in [6.07, 6.45) is -4.53. The molecule has 9 heteroatoms. The average molecular weight is 467 g/mol. The zero-order valence-electron chi connectivity index (χ0n) is 18.7. The molecule has 1 aromatic carbocycles. The molecule has 2 rings (SSSR count). The minimum Gasteiger partial charge on any atom is -0.352 e. The van der Waals surface area contributed by atoms with E-state index >= 15 is 0 Å². The molecule has 2 N–H and O–H groups in total. The number of carbonyl (C=O) groups excluding carboxylic acids is 1. The van der Waals surface area contributed by atoms with Crippen molar-refractivity contribution in [3.8, 4) is 0 Å². The Balaban J connectivity index is 2.12. The van der Waals surface area contributed by atoms with E-state index in [0.717, 1.165) is 32.2 Å². The van der Waals surface area contributed by atoms with Gasteiger partial charge in [-0.25, -0.2) is 0 Å². The minimum atomic E-state index is -4.92. The zero-order chi connectivity index (χ0) is 24.2. The van der Waals surface area contributed by atoms with E-state index in [1.54, 1.807) is 0 Å². The van der Waals surface area contributed by atoms with Gasteiger partial charge in [0.2, 0.25) is 5.91 Å². The maximum absolute atomic E-state index is 13.1. The van der Waals surface area contributed by atoms with Crippen LogP contribution in [-0.2, 0) is 23.7 Å². The summed E-state index contributed by atoms with van der Waals surface area (Å²) >= 11 is 0. The lowest BCUT2D eigenvalue weighted by molar-refractivity contribution is -0.143. The summed E-state index contributed by atoms with van der Waals surface area (Å²) < 4.78 is 78.5.